The van der Waals surface area contributed by atoms with E-state index in [4.69, 9.17) is 10.3 Å². The third-order valence-electron chi connectivity index (χ3n) is 2.60. The fraction of sp³-hybridized carbons (Fsp3) is 0.0833. The quantitative estimate of drug-likeness (QED) is 0.758. The Morgan fingerprint density at radius 2 is 2.24 bits per heavy atom. The summed E-state index contributed by atoms with van der Waals surface area (Å²) in [6.45, 7) is 2.06. The summed E-state index contributed by atoms with van der Waals surface area (Å²) in [4.78, 5) is 1.09. The van der Waals surface area contributed by atoms with Gasteiger partial charge in [-0.3, -0.25) is 0 Å². The molecule has 0 aromatic carbocycles. The normalized spacial score (nSPS) is 10.9. The highest BCUT2D eigenvalue weighted by Crippen LogP contribution is 2.40. The molecule has 0 aliphatic rings. The summed E-state index contributed by atoms with van der Waals surface area (Å²) >= 11 is 3.29. The van der Waals surface area contributed by atoms with Crippen LogP contribution in [0.3, 0.4) is 0 Å². The highest BCUT2D eigenvalue weighted by Gasteiger charge is 2.19. The first-order valence-electron chi connectivity index (χ1n) is 5.09. The molecule has 86 valence electrons. The van der Waals surface area contributed by atoms with Gasteiger partial charge in [-0.2, -0.15) is 11.3 Å². The van der Waals surface area contributed by atoms with Crippen molar-refractivity contribution in [1.29, 1.82) is 0 Å². The Labute approximate surface area is 106 Å². The first kappa shape index (κ1) is 10.6. The van der Waals surface area contributed by atoms with E-state index in [1.807, 2.05) is 17.5 Å². The predicted molar refractivity (Wildman–Crippen MR) is 72.3 cm³/mol. The molecule has 0 bridgehead atoms. The van der Waals surface area contributed by atoms with Crippen molar-refractivity contribution in [1.82, 2.24) is 5.16 Å². The maximum Gasteiger partial charge on any atom is 0.231 e. The summed E-state index contributed by atoms with van der Waals surface area (Å²) < 4.78 is 5.14. The van der Waals surface area contributed by atoms with Gasteiger partial charge in [-0.1, -0.05) is 11.2 Å². The number of hydrogen-bond donors (Lipinski definition) is 1. The second kappa shape index (κ2) is 4.01. The third kappa shape index (κ3) is 1.67. The van der Waals surface area contributed by atoms with Crippen LogP contribution in [0.15, 0.2) is 32.8 Å². The van der Waals surface area contributed by atoms with Crippen molar-refractivity contribution in [2.45, 2.75) is 6.92 Å². The van der Waals surface area contributed by atoms with E-state index < -0.39 is 0 Å². The van der Waals surface area contributed by atoms with E-state index >= 15 is 0 Å². The van der Waals surface area contributed by atoms with Gasteiger partial charge in [0.05, 0.1) is 5.56 Å². The lowest BCUT2D eigenvalue weighted by molar-refractivity contribution is 0.439. The van der Waals surface area contributed by atoms with Gasteiger partial charge in [0.2, 0.25) is 5.88 Å². The largest absolute Gasteiger partial charge is 0.367 e. The van der Waals surface area contributed by atoms with Gasteiger partial charge in [0, 0.05) is 15.8 Å². The van der Waals surface area contributed by atoms with Crippen LogP contribution in [0, 0.1) is 6.92 Å². The number of thiophene rings is 2. The highest BCUT2D eigenvalue weighted by molar-refractivity contribution is 7.13. The van der Waals surface area contributed by atoms with Gasteiger partial charge >= 0.3 is 0 Å². The zero-order valence-corrected chi connectivity index (χ0v) is 10.8. The lowest BCUT2D eigenvalue weighted by atomic mass is 10.1. The Kier molecular flexibility index (Phi) is 2.49. The molecule has 17 heavy (non-hydrogen) atoms. The van der Waals surface area contributed by atoms with E-state index in [0.29, 0.717) is 5.88 Å². The van der Waals surface area contributed by atoms with Crippen LogP contribution in [-0.4, -0.2) is 5.16 Å². The Hall–Kier alpha value is -1.59. The van der Waals surface area contributed by atoms with Gasteiger partial charge in [-0.25, -0.2) is 0 Å². The summed E-state index contributed by atoms with van der Waals surface area (Å²) in [6.07, 6.45) is 0. The maximum atomic E-state index is 5.87. The number of aryl methyl sites for hydroxylation is 1. The molecule has 2 N–H and O–H groups in total. The second-order valence-corrected chi connectivity index (χ2v) is 5.41. The summed E-state index contributed by atoms with van der Waals surface area (Å²) in [5.41, 5.74) is 9.90. The van der Waals surface area contributed by atoms with E-state index in [0.717, 1.165) is 21.7 Å². The van der Waals surface area contributed by atoms with Crippen molar-refractivity contribution in [2.75, 3.05) is 5.73 Å². The van der Waals surface area contributed by atoms with Gasteiger partial charge in [0.25, 0.3) is 0 Å². The molecule has 0 spiro atoms. The lowest BCUT2D eigenvalue weighted by Gasteiger charge is -1.98. The number of hydrogen-bond acceptors (Lipinski definition) is 5. The van der Waals surface area contributed by atoms with Crippen molar-refractivity contribution in [2.24, 2.45) is 0 Å². The first-order valence-corrected chi connectivity index (χ1v) is 6.92. The number of nitrogens with two attached hydrogens (primary N) is 1. The summed E-state index contributed by atoms with van der Waals surface area (Å²) in [5, 5.41) is 10.3. The molecule has 3 aromatic rings. The summed E-state index contributed by atoms with van der Waals surface area (Å²) in [6, 6.07) is 4.02. The van der Waals surface area contributed by atoms with Gasteiger partial charge in [0.15, 0.2) is 0 Å². The van der Waals surface area contributed by atoms with E-state index in [1.165, 1.54) is 5.56 Å². The second-order valence-electron chi connectivity index (χ2n) is 3.72. The Bertz CT molecular complexity index is 637. The topological polar surface area (TPSA) is 52.0 Å². The molecule has 3 rings (SSSR count). The Balaban J connectivity index is 2.23. The van der Waals surface area contributed by atoms with Crippen LogP contribution in [0.2, 0.25) is 0 Å². The molecule has 0 aliphatic carbocycles. The molecule has 0 atom stereocenters. The highest BCUT2D eigenvalue weighted by atomic mass is 32.1. The van der Waals surface area contributed by atoms with Crippen molar-refractivity contribution >= 4 is 28.6 Å². The molecular formula is C12H10N2OS2. The molecule has 0 fully saturated rings. The minimum atomic E-state index is 0.382. The zero-order valence-electron chi connectivity index (χ0n) is 9.14. The SMILES string of the molecule is Cc1cscc1-c1noc(N)c1-c1cccs1. The molecule has 3 nitrogen and oxygen atoms in total. The minimum absolute atomic E-state index is 0.382. The van der Waals surface area contributed by atoms with Crippen LogP contribution in [-0.2, 0) is 0 Å². The van der Waals surface area contributed by atoms with Gasteiger partial charge in [-0.05, 0) is 29.3 Å². The molecule has 5 heteroatoms. The van der Waals surface area contributed by atoms with Gasteiger partial charge in [0.1, 0.15) is 5.69 Å². The van der Waals surface area contributed by atoms with Crippen LogP contribution in [0.5, 0.6) is 0 Å². The summed E-state index contributed by atoms with van der Waals surface area (Å²) in [7, 11) is 0. The molecule has 3 heterocycles. The summed E-state index contributed by atoms with van der Waals surface area (Å²) in [5.74, 6) is 0.382. The average molecular weight is 262 g/mol. The van der Waals surface area contributed by atoms with E-state index in [1.54, 1.807) is 22.7 Å². The zero-order chi connectivity index (χ0) is 11.8. The molecular weight excluding hydrogens is 252 g/mol. The third-order valence-corrected chi connectivity index (χ3v) is 4.35. The van der Waals surface area contributed by atoms with Crippen LogP contribution in [0.1, 0.15) is 5.56 Å². The smallest absolute Gasteiger partial charge is 0.231 e. The number of nitrogen functional groups attached to an aromatic ring is 1. The fourth-order valence-electron chi connectivity index (χ4n) is 1.75. The number of rotatable bonds is 2. The predicted octanol–water partition coefficient (Wildman–Crippen LogP) is 4.02. The van der Waals surface area contributed by atoms with Crippen LogP contribution in [0.4, 0.5) is 5.88 Å². The van der Waals surface area contributed by atoms with Crippen LogP contribution in [0.25, 0.3) is 21.7 Å². The molecule has 0 unspecified atom stereocenters. The number of nitrogens with zero attached hydrogens (tertiary/aromatic N) is 1. The van der Waals surface area contributed by atoms with Gasteiger partial charge < -0.3 is 10.3 Å². The molecule has 0 radical (unpaired) electrons. The number of anilines is 1. The molecule has 0 aliphatic heterocycles. The minimum Gasteiger partial charge on any atom is -0.367 e. The van der Waals surface area contributed by atoms with Crippen molar-refractivity contribution in [3.05, 3.63) is 33.8 Å². The number of aromatic nitrogens is 1. The monoisotopic (exact) mass is 262 g/mol. The molecule has 0 amide bonds. The van der Waals surface area contributed by atoms with Crippen LogP contribution >= 0.6 is 22.7 Å². The Morgan fingerprint density at radius 1 is 1.35 bits per heavy atom. The van der Waals surface area contributed by atoms with E-state index in [-0.39, 0.29) is 0 Å². The molecule has 3 aromatic heterocycles. The molecule has 0 saturated carbocycles. The van der Waals surface area contributed by atoms with Crippen LogP contribution < -0.4 is 5.73 Å². The van der Waals surface area contributed by atoms with Gasteiger partial charge in [-0.15, -0.1) is 11.3 Å². The standard InChI is InChI=1S/C12H10N2OS2/c1-7-5-16-6-8(7)11-10(12(13)15-14-11)9-3-2-4-17-9/h2-6H,13H2,1H3. The maximum absolute atomic E-state index is 5.87. The average Bonchev–Trinajstić information content (AvgIpc) is 2.98. The van der Waals surface area contributed by atoms with Crippen molar-refractivity contribution in [3.8, 4) is 21.7 Å². The van der Waals surface area contributed by atoms with E-state index in [9.17, 15) is 0 Å². The Morgan fingerprint density at radius 3 is 2.88 bits per heavy atom. The van der Waals surface area contributed by atoms with E-state index in [2.05, 4.69) is 22.8 Å². The lowest BCUT2D eigenvalue weighted by Crippen LogP contribution is -1.85. The van der Waals surface area contributed by atoms with Crippen molar-refractivity contribution < 1.29 is 4.52 Å². The first-order chi connectivity index (χ1) is 8.27. The van der Waals surface area contributed by atoms with Crippen molar-refractivity contribution in [3.63, 3.8) is 0 Å². The molecule has 0 saturated heterocycles. The fourth-order valence-corrected chi connectivity index (χ4v) is 3.36.